The standard InChI is InChI=1S/C11H15N3O4S/c12-5-7-3-11(15)14(6-7)10-2-1-8(4-9(10)13)19(16,17)18/h1-2,4,7H,3,5-6,12-13H2,(H,16,17,18). The summed E-state index contributed by atoms with van der Waals surface area (Å²) in [5.41, 5.74) is 11.8. The molecule has 0 aliphatic carbocycles. The predicted octanol–water partition coefficient (Wildman–Crippen LogP) is -0.173. The van der Waals surface area contributed by atoms with E-state index in [9.17, 15) is 13.2 Å². The molecule has 1 aromatic rings. The fourth-order valence-corrected chi connectivity index (χ4v) is 2.63. The summed E-state index contributed by atoms with van der Waals surface area (Å²) in [5.74, 6) is -0.0186. The van der Waals surface area contributed by atoms with Crippen molar-refractivity contribution < 1.29 is 17.8 Å². The van der Waals surface area contributed by atoms with Gasteiger partial charge in [-0.15, -0.1) is 0 Å². The van der Waals surface area contributed by atoms with Gasteiger partial charge in [-0.3, -0.25) is 9.35 Å². The molecule has 5 N–H and O–H groups in total. The van der Waals surface area contributed by atoms with Gasteiger partial charge >= 0.3 is 0 Å². The van der Waals surface area contributed by atoms with E-state index in [-0.39, 0.29) is 22.4 Å². The van der Waals surface area contributed by atoms with Crippen molar-refractivity contribution in [3.63, 3.8) is 0 Å². The molecule has 8 heteroatoms. The molecular weight excluding hydrogens is 270 g/mol. The zero-order chi connectivity index (χ0) is 14.2. The van der Waals surface area contributed by atoms with E-state index in [1.165, 1.54) is 17.0 Å². The summed E-state index contributed by atoms with van der Waals surface area (Å²) >= 11 is 0. The molecule has 1 unspecified atom stereocenters. The molecule has 104 valence electrons. The van der Waals surface area contributed by atoms with E-state index >= 15 is 0 Å². The highest BCUT2D eigenvalue weighted by Crippen LogP contribution is 2.31. The highest BCUT2D eigenvalue weighted by Gasteiger charge is 2.30. The van der Waals surface area contributed by atoms with E-state index in [0.29, 0.717) is 25.2 Å². The molecule has 0 radical (unpaired) electrons. The summed E-state index contributed by atoms with van der Waals surface area (Å²) < 4.78 is 30.9. The van der Waals surface area contributed by atoms with Crippen molar-refractivity contribution in [2.24, 2.45) is 11.7 Å². The van der Waals surface area contributed by atoms with Crippen molar-refractivity contribution in [2.45, 2.75) is 11.3 Å². The van der Waals surface area contributed by atoms with Crippen molar-refractivity contribution in [1.82, 2.24) is 0 Å². The van der Waals surface area contributed by atoms with Crippen molar-refractivity contribution in [3.05, 3.63) is 18.2 Å². The van der Waals surface area contributed by atoms with Crippen molar-refractivity contribution in [1.29, 1.82) is 0 Å². The molecule has 1 fully saturated rings. The van der Waals surface area contributed by atoms with Gasteiger partial charge in [0.2, 0.25) is 5.91 Å². The summed E-state index contributed by atoms with van der Waals surface area (Å²) in [4.78, 5) is 13.0. The topological polar surface area (TPSA) is 127 Å². The largest absolute Gasteiger partial charge is 0.397 e. The van der Waals surface area contributed by atoms with E-state index < -0.39 is 10.1 Å². The first-order valence-electron chi connectivity index (χ1n) is 5.70. The molecule has 19 heavy (non-hydrogen) atoms. The number of hydrogen-bond acceptors (Lipinski definition) is 5. The fraction of sp³-hybridized carbons (Fsp3) is 0.364. The monoisotopic (exact) mass is 285 g/mol. The Hall–Kier alpha value is -1.64. The zero-order valence-electron chi connectivity index (χ0n) is 10.1. The van der Waals surface area contributed by atoms with Gasteiger partial charge in [-0.1, -0.05) is 0 Å². The van der Waals surface area contributed by atoms with E-state index in [0.717, 1.165) is 6.07 Å². The van der Waals surface area contributed by atoms with Gasteiger partial charge in [0.05, 0.1) is 16.3 Å². The fourth-order valence-electron chi connectivity index (χ4n) is 2.11. The van der Waals surface area contributed by atoms with Crippen LogP contribution in [0.5, 0.6) is 0 Å². The average molecular weight is 285 g/mol. The highest BCUT2D eigenvalue weighted by molar-refractivity contribution is 7.85. The second kappa shape index (κ2) is 4.80. The van der Waals surface area contributed by atoms with Crippen LogP contribution >= 0.6 is 0 Å². The Kier molecular flexibility index (Phi) is 3.48. The number of amides is 1. The maximum Gasteiger partial charge on any atom is 0.294 e. The number of nitrogen functional groups attached to an aromatic ring is 1. The quantitative estimate of drug-likeness (QED) is 0.522. The number of anilines is 2. The minimum atomic E-state index is -4.30. The van der Waals surface area contributed by atoms with Crippen LogP contribution in [0.25, 0.3) is 0 Å². The summed E-state index contributed by atoms with van der Waals surface area (Å²) in [6.45, 7) is 0.871. The molecule has 0 aromatic heterocycles. The summed E-state index contributed by atoms with van der Waals surface area (Å²) in [5, 5.41) is 0. The van der Waals surface area contributed by atoms with E-state index in [4.69, 9.17) is 16.0 Å². The molecule has 0 bridgehead atoms. The molecule has 1 aliphatic rings. The van der Waals surface area contributed by atoms with E-state index in [2.05, 4.69) is 0 Å². The number of benzene rings is 1. The SMILES string of the molecule is NCC1CC(=O)N(c2ccc(S(=O)(=O)O)cc2N)C1. The van der Waals surface area contributed by atoms with E-state index in [1.807, 2.05) is 0 Å². The summed E-state index contributed by atoms with van der Waals surface area (Å²) in [7, 11) is -4.30. The van der Waals surface area contributed by atoms with Gasteiger partial charge in [-0.25, -0.2) is 0 Å². The minimum absolute atomic E-state index is 0.0770. The first-order chi connectivity index (χ1) is 8.82. The van der Waals surface area contributed by atoms with Crippen LogP contribution in [0.1, 0.15) is 6.42 Å². The third-order valence-electron chi connectivity index (χ3n) is 3.13. The number of nitrogens with zero attached hydrogens (tertiary/aromatic N) is 1. The Morgan fingerprint density at radius 3 is 2.58 bits per heavy atom. The molecule has 1 heterocycles. The zero-order valence-corrected chi connectivity index (χ0v) is 10.9. The van der Waals surface area contributed by atoms with Gasteiger partial charge in [-0.2, -0.15) is 8.42 Å². The van der Waals surface area contributed by atoms with Crippen LogP contribution < -0.4 is 16.4 Å². The summed E-state index contributed by atoms with van der Waals surface area (Å²) in [6.07, 6.45) is 0.357. The van der Waals surface area contributed by atoms with Crippen LogP contribution in [0.3, 0.4) is 0 Å². The van der Waals surface area contributed by atoms with Crippen LogP contribution in [-0.2, 0) is 14.9 Å². The molecule has 1 amide bonds. The van der Waals surface area contributed by atoms with E-state index in [1.54, 1.807) is 0 Å². The molecule has 1 saturated heterocycles. The maximum atomic E-state index is 11.8. The lowest BCUT2D eigenvalue weighted by Crippen LogP contribution is -2.26. The van der Waals surface area contributed by atoms with Gasteiger partial charge in [0.25, 0.3) is 10.1 Å². The lowest BCUT2D eigenvalue weighted by atomic mass is 10.1. The average Bonchev–Trinajstić information content (AvgIpc) is 2.69. The maximum absolute atomic E-state index is 11.8. The molecule has 1 atom stereocenters. The van der Waals surface area contributed by atoms with Gasteiger partial charge < -0.3 is 16.4 Å². The third kappa shape index (κ3) is 2.70. The third-order valence-corrected chi connectivity index (χ3v) is 3.98. The van der Waals surface area contributed by atoms with Gasteiger partial charge in [0.15, 0.2) is 0 Å². The Morgan fingerprint density at radius 1 is 1.42 bits per heavy atom. The Bertz CT molecular complexity index is 614. The second-order valence-corrected chi connectivity index (χ2v) is 5.93. The molecular formula is C11H15N3O4S. The highest BCUT2D eigenvalue weighted by atomic mass is 32.2. The van der Waals surface area contributed by atoms with Crippen LogP contribution in [0.2, 0.25) is 0 Å². The number of carbonyl (C=O) groups is 1. The molecule has 2 rings (SSSR count). The molecule has 7 nitrogen and oxygen atoms in total. The number of carbonyl (C=O) groups excluding carboxylic acids is 1. The van der Waals surface area contributed by atoms with Gasteiger partial charge in [0.1, 0.15) is 0 Å². The first-order valence-corrected chi connectivity index (χ1v) is 7.14. The van der Waals surface area contributed by atoms with Crippen molar-refractivity contribution >= 4 is 27.4 Å². The van der Waals surface area contributed by atoms with Crippen LogP contribution in [0.4, 0.5) is 11.4 Å². The lowest BCUT2D eigenvalue weighted by molar-refractivity contribution is -0.117. The molecule has 1 aromatic carbocycles. The number of hydrogen-bond donors (Lipinski definition) is 3. The Labute approximate surface area is 110 Å². The molecule has 1 aliphatic heterocycles. The second-order valence-electron chi connectivity index (χ2n) is 4.51. The van der Waals surface area contributed by atoms with Crippen LogP contribution in [0, 0.1) is 5.92 Å². The van der Waals surface area contributed by atoms with Gasteiger partial charge in [0, 0.05) is 13.0 Å². The normalized spacial score (nSPS) is 20.0. The van der Waals surface area contributed by atoms with Crippen molar-refractivity contribution in [3.8, 4) is 0 Å². The molecule has 0 saturated carbocycles. The summed E-state index contributed by atoms with van der Waals surface area (Å²) in [6, 6.07) is 3.76. The van der Waals surface area contributed by atoms with Crippen LogP contribution in [-0.4, -0.2) is 32.0 Å². The van der Waals surface area contributed by atoms with Gasteiger partial charge in [-0.05, 0) is 30.7 Å². The molecule has 0 spiro atoms. The lowest BCUT2D eigenvalue weighted by Gasteiger charge is -2.19. The number of rotatable bonds is 3. The Morgan fingerprint density at radius 2 is 2.11 bits per heavy atom. The Balaban J connectivity index is 2.35. The number of nitrogens with two attached hydrogens (primary N) is 2. The van der Waals surface area contributed by atoms with Crippen LogP contribution in [0.15, 0.2) is 23.1 Å². The minimum Gasteiger partial charge on any atom is -0.397 e. The smallest absolute Gasteiger partial charge is 0.294 e. The van der Waals surface area contributed by atoms with Crippen molar-refractivity contribution in [2.75, 3.05) is 23.7 Å². The first kappa shape index (κ1) is 13.8. The predicted molar refractivity (Wildman–Crippen MR) is 70.2 cm³/mol.